The lowest BCUT2D eigenvalue weighted by molar-refractivity contribution is -0.116. The van der Waals surface area contributed by atoms with Crippen molar-refractivity contribution in [2.24, 2.45) is 5.92 Å². The number of fused-ring (bicyclic) bond motifs is 2. The monoisotopic (exact) mass is 489 g/mol. The van der Waals surface area contributed by atoms with E-state index in [-0.39, 0.29) is 11.8 Å². The summed E-state index contributed by atoms with van der Waals surface area (Å²) < 4.78 is 0. The van der Waals surface area contributed by atoms with Gasteiger partial charge in [0.25, 0.3) is 0 Å². The van der Waals surface area contributed by atoms with Crippen LogP contribution in [0.1, 0.15) is 20.3 Å². The SMILES string of the molecule is CC(C)CC(=O)Nc1cncc(-c2ccc3[nH]nc(-c4nc5c(-c6ccccn6)cncc5[nH]4)c3n2)c1. The van der Waals surface area contributed by atoms with E-state index < -0.39 is 0 Å². The molecule has 6 aromatic heterocycles. The van der Waals surface area contributed by atoms with E-state index in [2.05, 4.69) is 35.5 Å². The average Bonchev–Trinajstić information content (AvgIpc) is 3.52. The predicted octanol–water partition coefficient (Wildman–Crippen LogP) is 5.00. The molecule has 0 aliphatic heterocycles. The summed E-state index contributed by atoms with van der Waals surface area (Å²) in [6, 6.07) is 11.4. The van der Waals surface area contributed by atoms with E-state index in [1.54, 1.807) is 31.0 Å². The summed E-state index contributed by atoms with van der Waals surface area (Å²) in [5, 5.41) is 10.4. The van der Waals surface area contributed by atoms with Crippen molar-refractivity contribution >= 4 is 33.7 Å². The van der Waals surface area contributed by atoms with Gasteiger partial charge in [0.05, 0.1) is 40.5 Å². The lowest BCUT2D eigenvalue weighted by Gasteiger charge is -2.08. The molecule has 0 saturated heterocycles. The third-order valence-corrected chi connectivity index (χ3v) is 5.88. The molecule has 0 radical (unpaired) electrons. The van der Waals surface area contributed by atoms with Crippen LogP contribution in [-0.4, -0.2) is 46.0 Å². The molecule has 0 unspecified atom stereocenters. The lowest BCUT2D eigenvalue weighted by Crippen LogP contribution is -2.14. The van der Waals surface area contributed by atoms with Gasteiger partial charge in [0.15, 0.2) is 11.5 Å². The highest BCUT2D eigenvalue weighted by molar-refractivity contribution is 5.95. The molecular formula is C27H23N9O. The van der Waals surface area contributed by atoms with Crippen LogP contribution in [0.2, 0.25) is 0 Å². The van der Waals surface area contributed by atoms with Gasteiger partial charge in [-0.3, -0.25) is 24.8 Å². The maximum absolute atomic E-state index is 12.2. The summed E-state index contributed by atoms with van der Waals surface area (Å²) in [5.74, 6) is 0.802. The third-order valence-electron chi connectivity index (χ3n) is 5.88. The third kappa shape index (κ3) is 4.40. The zero-order valence-electron chi connectivity index (χ0n) is 20.2. The van der Waals surface area contributed by atoms with Crippen molar-refractivity contribution in [3.63, 3.8) is 0 Å². The Morgan fingerprint density at radius 3 is 2.68 bits per heavy atom. The molecule has 0 atom stereocenters. The number of hydrogen-bond acceptors (Lipinski definition) is 7. The highest BCUT2D eigenvalue weighted by atomic mass is 16.1. The van der Waals surface area contributed by atoms with Crippen LogP contribution in [0.5, 0.6) is 0 Å². The maximum Gasteiger partial charge on any atom is 0.224 e. The fraction of sp³-hybridized carbons (Fsp3) is 0.148. The number of imidazole rings is 1. The summed E-state index contributed by atoms with van der Waals surface area (Å²) in [6.45, 7) is 4.02. The van der Waals surface area contributed by atoms with E-state index in [9.17, 15) is 4.79 Å². The molecule has 0 saturated carbocycles. The second kappa shape index (κ2) is 9.23. The molecule has 0 aliphatic carbocycles. The highest BCUT2D eigenvalue weighted by Crippen LogP contribution is 2.30. The number of aromatic amines is 2. The normalized spacial score (nSPS) is 11.4. The van der Waals surface area contributed by atoms with Gasteiger partial charge in [-0.2, -0.15) is 5.10 Å². The molecule has 6 rings (SSSR count). The van der Waals surface area contributed by atoms with Crippen molar-refractivity contribution in [2.45, 2.75) is 20.3 Å². The average molecular weight is 490 g/mol. The lowest BCUT2D eigenvalue weighted by atomic mass is 10.1. The summed E-state index contributed by atoms with van der Waals surface area (Å²) in [7, 11) is 0. The van der Waals surface area contributed by atoms with E-state index in [1.807, 2.05) is 50.2 Å². The van der Waals surface area contributed by atoms with Gasteiger partial charge >= 0.3 is 0 Å². The van der Waals surface area contributed by atoms with Gasteiger partial charge in [-0.15, -0.1) is 0 Å². The predicted molar refractivity (Wildman–Crippen MR) is 141 cm³/mol. The molecule has 3 N–H and O–H groups in total. The van der Waals surface area contributed by atoms with Crippen molar-refractivity contribution in [2.75, 3.05) is 5.32 Å². The molecule has 0 aliphatic rings. The Morgan fingerprint density at radius 2 is 1.84 bits per heavy atom. The Labute approximate surface area is 211 Å². The van der Waals surface area contributed by atoms with Crippen LogP contribution in [0.25, 0.3) is 56.1 Å². The van der Waals surface area contributed by atoms with Crippen molar-refractivity contribution in [3.05, 3.63) is 67.4 Å². The second-order valence-electron chi connectivity index (χ2n) is 9.16. The molecule has 182 valence electrons. The smallest absolute Gasteiger partial charge is 0.224 e. The van der Waals surface area contributed by atoms with Crippen LogP contribution in [0, 0.1) is 5.92 Å². The van der Waals surface area contributed by atoms with E-state index in [4.69, 9.17) is 9.97 Å². The number of rotatable bonds is 6. The van der Waals surface area contributed by atoms with Crippen LogP contribution in [0.3, 0.4) is 0 Å². The number of H-pyrrole nitrogens is 2. The van der Waals surface area contributed by atoms with Crippen molar-refractivity contribution in [1.29, 1.82) is 0 Å². The standard InChI is InChI=1S/C27H23N9O/c1-15(2)9-23(37)31-17-10-16(11-28-12-17)19-6-7-21-25(32-19)26(36-35-21)27-33-22-14-29-13-18(24(22)34-27)20-5-3-4-8-30-20/h3-8,10-15H,9H2,1-2H3,(H,31,37)(H,33,34)(H,35,36). The summed E-state index contributed by atoms with van der Waals surface area (Å²) in [4.78, 5) is 38.3. The summed E-state index contributed by atoms with van der Waals surface area (Å²) in [5.41, 5.74) is 7.30. The van der Waals surface area contributed by atoms with Crippen molar-refractivity contribution in [1.82, 2.24) is 40.1 Å². The van der Waals surface area contributed by atoms with Gasteiger partial charge in [0.2, 0.25) is 5.91 Å². The second-order valence-corrected chi connectivity index (χ2v) is 9.16. The van der Waals surface area contributed by atoms with E-state index in [1.165, 1.54) is 0 Å². The number of amides is 1. The van der Waals surface area contributed by atoms with Crippen molar-refractivity contribution in [3.8, 4) is 34.0 Å². The van der Waals surface area contributed by atoms with E-state index in [0.717, 1.165) is 33.4 Å². The summed E-state index contributed by atoms with van der Waals surface area (Å²) >= 11 is 0. The molecule has 6 heterocycles. The first-order chi connectivity index (χ1) is 18.0. The Balaban J connectivity index is 1.38. The molecule has 1 amide bonds. The number of carbonyl (C=O) groups excluding carboxylic acids is 1. The number of pyridine rings is 4. The van der Waals surface area contributed by atoms with Crippen LogP contribution in [-0.2, 0) is 4.79 Å². The number of hydrogen-bond donors (Lipinski definition) is 3. The van der Waals surface area contributed by atoms with Gasteiger partial charge in [0.1, 0.15) is 11.0 Å². The zero-order valence-corrected chi connectivity index (χ0v) is 20.2. The largest absolute Gasteiger partial charge is 0.335 e. The molecule has 10 heteroatoms. The molecule has 37 heavy (non-hydrogen) atoms. The topological polar surface area (TPSA) is 138 Å². The molecule has 0 aromatic carbocycles. The number of nitrogens with one attached hydrogen (secondary N) is 3. The molecule has 0 bridgehead atoms. The van der Waals surface area contributed by atoms with Crippen LogP contribution < -0.4 is 5.32 Å². The Kier molecular flexibility index (Phi) is 5.61. The van der Waals surface area contributed by atoms with Crippen LogP contribution >= 0.6 is 0 Å². The number of aromatic nitrogens is 8. The molecule has 0 spiro atoms. The number of anilines is 1. The van der Waals surface area contributed by atoms with E-state index >= 15 is 0 Å². The van der Waals surface area contributed by atoms with Crippen molar-refractivity contribution < 1.29 is 4.79 Å². The minimum absolute atomic E-state index is 0.0427. The van der Waals surface area contributed by atoms with Crippen LogP contribution in [0.15, 0.2) is 67.4 Å². The van der Waals surface area contributed by atoms with E-state index in [0.29, 0.717) is 34.8 Å². The summed E-state index contributed by atoms with van der Waals surface area (Å²) in [6.07, 6.45) is 9.03. The van der Waals surface area contributed by atoms with Gasteiger partial charge in [-0.05, 0) is 36.2 Å². The Morgan fingerprint density at radius 1 is 0.946 bits per heavy atom. The Bertz CT molecular complexity index is 1740. The minimum atomic E-state index is -0.0427. The fourth-order valence-corrected chi connectivity index (χ4v) is 4.21. The molecule has 6 aromatic rings. The van der Waals surface area contributed by atoms with Gasteiger partial charge in [-0.1, -0.05) is 19.9 Å². The van der Waals surface area contributed by atoms with Crippen LogP contribution in [0.4, 0.5) is 5.69 Å². The van der Waals surface area contributed by atoms with Gasteiger partial charge in [-0.25, -0.2) is 9.97 Å². The first kappa shape index (κ1) is 22.5. The number of nitrogens with zero attached hydrogens (tertiary/aromatic N) is 6. The fourth-order valence-electron chi connectivity index (χ4n) is 4.21. The zero-order chi connectivity index (χ0) is 25.4. The molecule has 0 fully saturated rings. The first-order valence-corrected chi connectivity index (χ1v) is 11.9. The maximum atomic E-state index is 12.2. The quantitative estimate of drug-likeness (QED) is 0.299. The molecular weight excluding hydrogens is 466 g/mol. The molecule has 10 nitrogen and oxygen atoms in total. The van der Waals surface area contributed by atoms with Gasteiger partial charge in [0, 0.05) is 36.1 Å². The Hall–Kier alpha value is -4.99. The minimum Gasteiger partial charge on any atom is -0.335 e. The first-order valence-electron chi connectivity index (χ1n) is 11.9. The highest BCUT2D eigenvalue weighted by Gasteiger charge is 2.17. The van der Waals surface area contributed by atoms with Gasteiger partial charge < -0.3 is 10.3 Å². The number of carbonyl (C=O) groups is 1.